The molecule has 2 saturated heterocycles. The topological polar surface area (TPSA) is 35.6 Å². The zero-order chi connectivity index (χ0) is 14.8. The molecule has 0 spiro atoms. The van der Waals surface area contributed by atoms with E-state index < -0.39 is 12.7 Å². The number of halogens is 3. The molecule has 4 nitrogen and oxygen atoms in total. The van der Waals surface area contributed by atoms with Gasteiger partial charge in [0.15, 0.2) is 0 Å². The van der Waals surface area contributed by atoms with Crippen molar-refractivity contribution in [3.8, 4) is 0 Å². The van der Waals surface area contributed by atoms with E-state index in [0.717, 1.165) is 19.4 Å². The number of hydrogen-bond donors (Lipinski definition) is 1. The fourth-order valence-corrected chi connectivity index (χ4v) is 3.00. The SMILES string of the molecule is CC1NCCCC1C(=O)N1CCN(CC(F)(F)F)CC1. The van der Waals surface area contributed by atoms with Crippen LogP contribution in [0.1, 0.15) is 19.8 Å². The third kappa shape index (κ3) is 4.09. The number of piperidine rings is 1. The molecule has 1 N–H and O–H groups in total. The van der Waals surface area contributed by atoms with Crippen LogP contribution in [-0.2, 0) is 4.79 Å². The Morgan fingerprint density at radius 2 is 1.90 bits per heavy atom. The summed E-state index contributed by atoms with van der Waals surface area (Å²) in [5.41, 5.74) is 0. The number of piperazine rings is 1. The molecule has 20 heavy (non-hydrogen) atoms. The standard InChI is InChI=1S/C13H22F3N3O/c1-10-11(3-2-4-17-10)12(20)19-7-5-18(6-8-19)9-13(14,15)16/h10-11,17H,2-9H2,1H3. The van der Waals surface area contributed by atoms with E-state index >= 15 is 0 Å². The largest absolute Gasteiger partial charge is 0.401 e. The first-order chi connectivity index (χ1) is 9.37. The Bertz CT molecular complexity index is 340. The lowest BCUT2D eigenvalue weighted by molar-refractivity contribution is -0.153. The number of nitrogens with one attached hydrogen (secondary N) is 1. The average Bonchev–Trinajstić information content (AvgIpc) is 2.37. The van der Waals surface area contributed by atoms with Crippen LogP contribution in [0.25, 0.3) is 0 Å². The van der Waals surface area contributed by atoms with E-state index in [9.17, 15) is 18.0 Å². The minimum atomic E-state index is -4.16. The highest BCUT2D eigenvalue weighted by atomic mass is 19.4. The number of carbonyl (C=O) groups is 1. The Balaban J connectivity index is 1.82. The van der Waals surface area contributed by atoms with Gasteiger partial charge in [0.1, 0.15) is 0 Å². The van der Waals surface area contributed by atoms with Gasteiger partial charge in [0.2, 0.25) is 5.91 Å². The van der Waals surface area contributed by atoms with Gasteiger partial charge in [-0.2, -0.15) is 13.2 Å². The second-order valence-electron chi connectivity index (χ2n) is 5.71. The Morgan fingerprint density at radius 1 is 1.25 bits per heavy atom. The van der Waals surface area contributed by atoms with Crippen molar-refractivity contribution in [2.24, 2.45) is 5.92 Å². The van der Waals surface area contributed by atoms with E-state index in [-0.39, 0.29) is 17.9 Å². The van der Waals surface area contributed by atoms with Crippen molar-refractivity contribution in [2.45, 2.75) is 32.0 Å². The maximum Gasteiger partial charge on any atom is 0.401 e. The number of alkyl halides is 3. The first-order valence-corrected chi connectivity index (χ1v) is 7.18. The number of carbonyl (C=O) groups excluding carboxylic acids is 1. The molecule has 2 fully saturated rings. The number of rotatable bonds is 2. The van der Waals surface area contributed by atoms with Gasteiger partial charge in [0.25, 0.3) is 0 Å². The second kappa shape index (κ2) is 6.30. The summed E-state index contributed by atoms with van der Waals surface area (Å²) in [6.45, 7) is 3.47. The van der Waals surface area contributed by atoms with Crippen LogP contribution in [0.5, 0.6) is 0 Å². The van der Waals surface area contributed by atoms with Gasteiger partial charge >= 0.3 is 6.18 Å². The van der Waals surface area contributed by atoms with Crippen molar-refractivity contribution >= 4 is 5.91 Å². The second-order valence-corrected chi connectivity index (χ2v) is 5.71. The Kier molecular flexibility index (Phi) is 4.90. The van der Waals surface area contributed by atoms with Crippen molar-refractivity contribution in [1.82, 2.24) is 15.1 Å². The van der Waals surface area contributed by atoms with Gasteiger partial charge in [-0.15, -0.1) is 0 Å². The van der Waals surface area contributed by atoms with Crippen molar-refractivity contribution in [2.75, 3.05) is 39.3 Å². The molecule has 1 amide bonds. The average molecular weight is 293 g/mol. The monoisotopic (exact) mass is 293 g/mol. The van der Waals surface area contributed by atoms with E-state index in [1.165, 1.54) is 4.90 Å². The Morgan fingerprint density at radius 3 is 2.45 bits per heavy atom. The highest BCUT2D eigenvalue weighted by Crippen LogP contribution is 2.21. The lowest BCUT2D eigenvalue weighted by Crippen LogP contribution is -2.55. The molecule has 2 rings (SSSR count). The van der Waals surface area contributed by atoms with Gasteiger partial charge in [-0.25, -0.2) is 0 Å². The molecule has 2 heterocycles. The lowest BCUT2D eigenvalue weighted by Gasteiger charge is -2.39. The van der Waals surface area contributed by atoms with Crippen LogP contribution in [0.3, 0.4) is 0 Å². The summed E-state index contributed by atoms with van der Waals surface area (Å²) in [5, 5.41) is 3.29. The summed E-state index contributed by atoms with van der Waals surface area (Å²) in [4.78, 5) is 15.5. The normalized spacial score (nSPS) is 29.5. The predicted molar refractivity (Wildman–Crippen MR) is 69.3 cm³/mol. The van der Waals surface area contributed by atoms with Crippen LogP contribution in [0.15, 0.2) is 0 Å². The molecule has 0 aromatic heterocycles. The maximum atomic E-state index is 12.4. The molecule has 0 bridgehead atoms. The third-order valence-corrected chi connectivity index (χ3v) is 4.17. The summed E-state index contributed by atoms with van der Waals surface area (Å²) in [6, 6.07) is 0.157. The Labute approximate surface area is 117 Å². The molecule has 7 heteroatoms. The smallest absolute Gasteiger partial charge is 0.340 e. The van der Waals surface area contributed by atoms with Gasteiger partial charge in [0, 0.05) is 32.2 Å². The van der Waals surface area contributed by atoms with Crippen molar-refractivity contribution < 1.29 is 18.0 Å². The first kappa shape index (κ1) is 15.6. The zero-order valence-electron chi connectivity index (χ0n) is 11.7. The van der Waals surface area contributed by atoms with Gasteiger partial charge in [0.05, 0.1) is 12.5 Å². The van der Waals surface area contributed by atoms with Gasteiger partial charge < -0.3 is 10.2 Å². The van der Waals surface area contributed by atoms with Crippen LogP contribution in [0, 0.1) is 5.92 Å². The molecule has 2 unspecified atom stereocenters. The minimum Gasteiger partial charge on any atom is -0.340 e. The van der Waals surface area contributed by atoms with Gasteiger partial charge in [-0.3, -0.25) is 9.69 Å². The van der Waals surface area contributed by atoms with E-state index in [1.807, 2.05) is 6.92 Å². The van der Waals surface area contributed by atoms with Crippen molar-refractivity contribution in [3.05, 3.63) is 0 Å². The molecule has 0 radical (unpaired) electrons. The molecule has 2 aliphatic rings. The summed E-state index contributed by atoms with van der Waals surface area (Å²) < 4.78 is 36.9. The first-order valence-electron chi connectivity index (χ1n) is 7.18. The molecule has 2 atom stereocenters. The van der Waals surface area contributed by atoms with Crippen LogP contribution in [0.4, 0.5) is 13.2 Å². The molecular formula is C13H22F3N3O. The fourth-order valence-electron chi connectivity index (χ4n) is 3.00. The Hall–Kier alpha value is -0.820. The summed E-state index contributed by atoms with van der Waals surface area (Å²) >= 11 is 0. The summed E-state index contributed by atoms with van der Waals surface area (Å²) in [6.07, 6.45) is -2.31. The molecule has 0 aromatic rings. The van der Waals surface area contributed by atoms with E-state index in [2.05, 4.69) is 5.32 Å². The van der Waals surface area contributed by atoms with E-state index in [1.54, 1.807) is 4.90 Å². The molecule has 2 aliphatic heterocycles. The maximum absolute atomic E-state index is 12.4. The molecule has 116 valence electrons. The van der Waals surface area contributed by atoms with Crippen LogP contribution in [-0.4, -0.2) is 67.2 Å². The number of amides is 1. The van der Waals surface area contributed by atoms with Crippen LogP contribution >= 0.6 is 0 Å². The lowest BCUT2D eigenvalue weighted by atomic mass is 9.90. The van der Waals surface area contributed by atoms with Crippen LogP contribution in [0.2, 0.25) is 0 Å². The predicted octanol–water partition coefficient (Wildman–Crippen LogP) is 1.08. The van der Waals surface area contributed by atoms with Crippen molar-refractivity contribution in [3.63, 3.8) is 0 Å². The summed E-state index contributed by atoms with van der Waals surface area (Å²) in [7, 11) is 0. The minimum absolute atomic E-state index is 0.0297. The molecule has 0 aromatic carbocycles. The van der Waals surface area contributed by atoms with E-state index in [0.29, 0.717) is 26.2 Å². The molecule has 0 saturated carbocycles. The quantitative estimate of drug-likeness (QED) is 0.827. The molecule has 0 aliphatic carbocycles. The van der Waals surface area contributed by atoms with Crippen molar-refractivity contribution in [1.29, 1.82) is 0 Å². The molecular weight excluding hydrogens is 271 g/mol. The van der Waals surface area contributed by atoms with Gasteiger partial charge in [-0.1, -0.05) is 0 Å². The fraction of sp³-hybridized carbons (Fsp3) is 0.923. The summed E-state index contributed by atoms with van der Waals surface area (Å²) in [5.74, 6) is 0.0641. The number of hydrogen-bond acceptors (Lipinski definition) is 3. The van der Waals surface area contributed by atoms with Crippen LogP contribution < -0.4 is 5.32 Å². The van der Waals surface area contributed by atoms with Gasteiger partial charge in [-0.05, 0) is 26.3 Å². The number of nitrogens with zero attached hydrogens (tertiary/aromatic N) is 2. The van der Waals surface area contributed by atoms with E-state index in [4.69, 9.17) is 0 Å². The zero-order valence-corrected chi connectivity index (χ0v) is 11.7. The highest BCUT2D eigenvalue weighted by molar-refractivity contribution is 5.79. The third-order valence-electron chi connectivity index (χ3n) is 4.17. The highest BCUT2D eigenvalue weighted by Gasteiger charge is 2.35.